The number of nitrogens with zero attached hydrogens (tertiary/aromatic N) is 8. The average molecular weight is 1540 g/mol. The second-order valence-electron chi connectivity index (χ2n) is 33.2. The largest absolute Gasteiger partial charge is 0.414 e. The number of hydrogen-bond acceptors (Lipinski definition) is 14. The number of rotatable bonds is 20. The van der Waals surface area contributed by atoms with Crippen LogP contribution in [0.15, 0.2) is 60.7 Å². The van der Waals surface area contributed by atoms with Crippen LogP contribution in [0.2, 0.25) is 0 Å². The monoisotopic (exact) mass is 1540 g/mol. The first-order chi connectivity index (χ1) is 50.8. The van der Waals surface area contributed by atoms with Gasteiger partial charge < -0.3 is 65.4 Å². The summed E-state index contributed by atoms with van der Waals surface area (Å²) in [7, 11) is 10.4. The van der Waals surface area contributed by atoms with E-state index < -0.39 is 169 Å². The highest BCUT2D eigenvalue weighted by Crippen LogP contribution is 2.27. The van der Waals surface area contributed by atoms with Crippen LogP contribution in [0.3, 0.4) is 0 Å². The summed E-state index contributed by atoms with van der Waals surface area (Å²) < 4.78 is 48.1. The molecule has 4 rings (SSSR count). The zero-order valence-electron chi connectivity index (χ0n) is 68.7. The highest BCUT2D eigenvalue weighted by molar-refractivity contribution is 5.98. The molecule has 1 unspecified atom stereocenters. The Morgan fingerprint density at radius 2 is 0.954 bits per heavy atom. The number of aliphatic hydroxyl groups is 1. The molecular weight excluding hydrogens is 1410 g/mol. The van der Waals surface area contributed by atoms with Gasteiger partial charge in [-0.05, 0) is 139 Å². The Hall–Kier alpha value is -7.72. The summed E-state index contributed by atoms with van der Waals surface area (Å²) in [6.45, 7) is 23.8. The number of ether oxygens (including phenoxy) is 1. The van der Waals surface area contributed by atoms with Crippen molar-refractivity contribution in [3.05, 3.63) is 71.8 Å². The lowest BCUT2D eigenvalue weighted by Gasteiger charge is -2.38. The molecule has 28 heteroatoms. The van der Waals surface area contributed by atoms with E-state index >= 15 is 33.6 Å². The maximum Gasteiger partial charge on any atom is 0.414 e. The van der Waals surface area contributed by atoms with E-state index in [1.54, 1.807) is 112 Å². The van der Waals surface area contributed by atoms with E-state index in [-0.39, 0.29) is 101 Å². The lowest BCUT2D eigenvalue weighted by molar-refractivity contribution is -0.205. The fourth-order valence-electron chi connectivity index (χ4n) is 13.9. The summed E-state index contributed by atoms with van der Waals surface area (Å²) in [5.41, 5.74) is 0.362. The first kappa shape index (κ1) is 93.7. The topological polar surface area (TPSA) is 291 Å². The van der Waals surface area contributed by atoms with Gasteiger partial charge in [-0.15, -0.1) is 0 Å². The molecule has 0 spiro atoms. The van der Waals surface area contributed by atoms with Crippen molar-refractivity contribution in [2.45, 2.75) is 265 Å². The number of aliphatic hydroxyl groups excluding tert-OH is 1. The van der Waals surface area contributed by atoms with Crippen LogP contribution in [0.5, 0.6) is 0 Å². The first-order valence-corrected chi connectivity index (χ1v) is 39.1. The van der Waals surface area contributed by atoms with Gasteiger partial charge in [0.15, 0.2) is 0 Å². The molecule has 2 aliphatic rings. The molecule has 0 aromatic heterocycles. The zero-order valence-corrected chi connectivity index (χ0v) is 68.7. The van der Waals surface area contributed by atoms with Crippen molar-refractivity contribution in [3.8, 4) is 0 Å². The minimum absolute atomic E-state index is 0.0254. The molecule has 0 saturated carbocycles. The van der Waals surface area contributed by atoms with E-state index in [4.69, 9.17) is 4.74 Å². The van der Waals surface area contributed by atoms with Gasteiger partial charge in [0, 0.05) is 93.8 Å². The van der Waals surface area contributed by atoms with E-state index in [2.05, 4.69) is 21.3 Å². The summed E-state index contributed by atoms with van der Waals surface area (Å²) >= 11 is 0. The molecule has 2 aromatic rings. The van der Waals surface area contributed by atoms with Crippen LogP contribution in [-0.2, 0) is 70.3 Å². The van der Waals surface area contributed by atoms with Crippen LogP contribution < -0.4 is 21.3 Å². The number of carbonyl (C=O) groups is 11. The van der Waals surface area contributed by atoms with Crippen molar-refractivity contribution < 1.29 is 75.8 Å². The van der Waals surface area contributed by atoms with E-state index in [9.17, 15) is 37.5 Å². The quantitative estimate of drug-likeness (QED) is 0.0873. The standard InChI is InChI=1S/C81H131F3N12O13/c1-51(2)42-61-74(103)88-70(55(9)10)79(108)95(20)66(47-57-34-26-22-27-35-57)78(107)94(19)64(46-56-32-24-21-25-33-56)73(102)87-60(50-109-80(11,12)13)75(104)92(17)62(43-52(3)4)71(100)85-58(36-30-37-67(97)81(82,83)84)49-90(15)65(45-54(7)8)77(106)93(18)63(44-53(5)6)72(101)86-59(76(105)96-40-28-23-29-41-96)48-69(99)89(14)39-31-38-68(98)91(61)16/h21-22,24-27,32-35,51-55,58-67,70,97H,23,28-31,36-50H2,1-20H3,(H,85,100)(H,86,101)(H,87,102)(H,88,103)/t58-,59-,60-,61-,62-,63-,64-,65-,66-,67?,70-/m0/s1. The Morgan fingerprint density at radius 3 is 1.45 bits per heavy atom. The second kappa shape index (κ2) is 43.8. The van der Waals surface area contributed by atoms with Crippen LogP contribution in [0, 0.1) is 29.6 Å². The lowest BCUT2D eigenvalue weighted by atomic mass is 9.96. The van der Waals surface area contributed by atoms with Gasteiger partial charge >= 0.3 is 6.18 Å². The molecule has 25 nitrogen and oxygen atoms in total. The van der Waals surface area contributed by atoms with Gasteiger partial charge in [-0.25, -0.2) is 0 Å². The number of piperidine rings is 1. The normalized spacial score (nSPS) is 24.7. The SMILES string of the molecule is CC(C)C[C@H]1C(=O)N(C)[C@@H](CC(C)C)C(=O)N[C@H](C(=O)N2CCCCC2)CC(=O)N(C)CCCC(=O)N(C)[C@@H](CC(C)C)C(=O)N[C@@H](C(C)C)C(=O)N(C)[C@@H](Cc2ccccc2)C(=O)N(C)[C@@H](Cc2ccccc2)C(=O)N[C@@H](COC(C)(C)C)C(=O)N(C)[C@@H](CC(C)C)C(=O)N[C@@H](CCCC(O)C(F)(F)F)CN1C. The van der Waals surface area contributed by atoms with Crippen LogP contribution in [0.4, 0.5) is 13.2 Å². The van der Waals surface area contributed by atoms with E-state index in [0.717, 1.165) is 6.42 Å². The molecule has 2 saturated heterocycles. The summed E-state index contributed by atoms with van der Waals surface area (Å²) in [6.07, 6.45) is -6.65. The van der Waals surface area contributed by atoms with Crippen LogP contribution >= 0.6 is 0 Å². The molecule has 2 aromatic carbocycles. The minimum Gasteiger partial charge on any atom is -0.384 e. The number of nitrogens with one attached hydrogen (secondary N) is 4. The molecule has 2 fully saturated rings. The number of amides is 11. The summed E-state index contributed by atoms with van der Waals surface area (Å²) in [4.78, 5) is 177. The molecule has 109 heavy (non-hydrogen) atoms. The van der Waals surface area contributed by atoms with Gasteiger partial charge in [-0.3, -0.25) is 57.6 Å². The van der Waals surface area contributed by atoms with Gasteiger partial charge in [-0.1, -0.05) is 130 Å². The number of likely N-dealkylation sites (N-methyl/N-ethyl adjacent to an activating group) is 6. The molecule has 0 aliphatic carbocycles. The molecule has 11 atom stereocenters. The van der Waals surface area contributed by atoms with Crippen molar-refractivity contribution in [1.29, 1.82) is 0 Å². The molecule has 2 aliphatic heterocycles. The van der Waals surface area contributed by atoms with E-state index in [1.807, 2.05) is 55.4 Å². The molecule has 0 radical (unpaired) electrons. The number of likely N-dealkylation sites (tertiary alicyclic amines) is 1. The van der Waals surface area contributed by atoms with Gasteiger partial charge in [0.1, 0.15) is 54.4 Å². The molecule has 0 bridgehead atoms. The number of benzene rings is 2. The van der Waals surface area contributed by atoms with Crippen LogP contribution in [-0.4, -0.2) is 270 Å². The summed E-state index contributed by atoms with van der Waals surface area (Å²) in [5, 5.41) is 22.0. The van der Waals surface area contributed by atoms with E-state index in [1.165, 1.54) is 71.7 Å². The van der Waals surface area contributed by atoms with Gasteiger partial charge in [0.25, 0.3) is 0 Å². The maximum atomic E-state index is 15.8. The minimum atomic E-state index is -4.95. The Morgan fingerprint density at radius 1 is 0.514 bits per heavy atom. The molecular formula is C81H131F3N12O13. The van der Waals surface area contributed by atoms with Crippen LogP contribution in [0.1, 0.15) is 185 Å². The third-order valence-electron chi connectivity index (χ3n) is 20.5. The number of halogens is 3. The molecule has 11 amide bonds. The third kappa shape index (κ3) is 29.8. The predicted molar refractivity (Wildman–Crippen MR) is 413 cm³/mol. The first-order valence-electron chi connectivity index (χ1n) is 39.1. The van der Waals surface area contributed by atoms with Crippen molar-refractivity contribution in [1.82, 2.24) is 60.5 Å². The van der Waals surface area contributed by atoms with Crippen LogP contribution in [0.25, 0.3) is 0 Å². The number of hydrogen-bond donors (Lipinski definition) is 5. The highest BCUT2D eigenvalue weighted by atomic mass is 19.4. The average Bonchev–Trinajstić information content (AvgIpc) is 0.813. The van der Waals surface area contributed by atoms with Gasteiger partial charge in [-0.2, -0.15) is 13.2 Å². The van der Waals surface area contributed by atoms with Gasteiger partial charge in [0.05, 0.1) is 24.7 Å². The number of alkyl halides is 3. The molecule has 5 N–H and O–H groups in total. The Labute approximate surface area is 646 Å². The molecule has 614 valence electrons. The fourth-order valence-corrected chi connectivity index (χ4v) is 13.9. The van der Waals surface area contributed by atoms with Crippen molar-refractivity contribution >= 4 is 65.0 Å². The fraction of sp³-hybridized carbons (Fsp3) is 0.716. The number of carbonyl (C=O) groups excluding carboxylic acids is 11. The third-order valence-corrected chi connectivity index (χ3v) is 20.5. The summed E-state index contributed by atoms with van der Waals surface area (Å²) in [5.74, 6) is -8.34. The van der Waals surface area contributed by atoms with Crippen molar-refractivity contribution in [2.24, 2.45) is 29.6 Å². The Balaban J connectivity index is 2.00. The van der Waals surface area contributed by atoms with Gasteiger partial charge in [0.2, 0.25) is 65.0 Å². The maximum absolute atomic E-state index is 15.8. The smallest absolute Gasteiger partial charge is 0.384 e. The lowest BCUT2D eigenvalue weighted by Crippen LogP contribution is -2.62. The zero-order chi connectivity index (χ0) is 82.1. The second-order valence-corrected chi connectivity index (χ2v) is 33.2. The Bertz CT molecular complexity index is 3280. The Kier molecular flexibility index (Phi) is 37.6. The van der Waals surface area contributed by atoms with E-state index in [0.29, 0.717) is 37.1 Å². The van der Waals surface area contributed by atoms with Crippen molar-refractivity contribution in [3.63, 3.8) is 0 Å². The predicted octanol–water partition coefficient (Wildman–Crippen LogP) is 7.25. The van der Waals surface area contributed by atoms with Crippen molar-refractivity contribution in [2.75, 3.05) is 82.1 Å². The summed E-state index contributed by atoms with van der Waals surface area (Å²) in [6, 6.07) is 5.19. The molecule has 2 heterocycles. The highest BCUT2D eigenvalue weighted by Gasteiger charge is 2.44.